The number of hydrogen-bond acceptors (Lipinski definition) is 6. The van der Waals surface area contributed by atoms with Crippen LogP contribution in [-0.4, -0.2) is 28.0 Å². The van der Waals surface area contributed by atoms with E-state index in [0.717, 1.165) is 54.3 Å². The average molecular weight is 349 g/mol. The topological polar surface area (TPSA) is 77.2 Å². The number of fused-ring (bicyclic) bond motifs is 1. The molecule has 1 aliphatic heterocycles. The van der Waals surface area contributed by atoms with Crippen molar-refractivity contribution < 1.29 is 4.74 Å². The molecular weight excluding hydrogens is 326 g/mol. The van der Waals surface area contributed by atoms with Crippen LogP contribution in [0, 0.1) is 12.8 Å². The van der Waals surface area contributed by atoms with Crippen molar-refractivity contribution in [1.82, 2.24) is 15.0 Å². The van der Waals surface area contributed by atoms with Gasteiger partial charge in [-0.2, -0.15) is 4.98 Å². The molecule has 0 unspecified atom stereocenters. The molecule has 0 amide bonds. The van der Waals surface area contributed by atoms with Crippen molar-refractivity contribution in [2.45, 2.75) is 26.7 Å². The van der Waals surface area contributed by atoms with Gasteiger partial charge in [0, 0.05) is 24.2 Å². The number of ether oxygens (including phenoxy) is 1. The number of benzene rings is 1. The molecule has 0 aliphatic carbocycles. The highest BCUT2D eigenvalue weighted by molar-refractivity contribution is 5.85. The van der Waals surface area contributed by atoms with Crippen molar-refractivity contribution in [3.05, 3.63) is 42.4 Å². The molecule has 0 spiro atoms. The zero-order chi connectivity index (χ0) is 18.1. The summed E-state index contributed by atoms with van der Waals surface area (Å²) in [6, 6.07) is 9.87. The van der Waals surface area contributed by atoms with E-state index in [0.29, 0.717) is 17.3 Å². The lowest BCUT2D eigenvalue weighted by atomic mass is 9.99. The monoisotopic (exact) mass is 349 g/mol. The van der Waals surface area contributed by atoms with Crippen molar-refractivity contribution in [1.29, 1.82) is 0 Å². The lowest BCUT2D eigenvalue weighted by molar-refractivity contribution is 0.434. The van der Waals surface area contributed by atoms with Crippen molar-refractivity contribution in [2.75, 3.05) is 23.7 Å². The number of para-hydroxylation sites is 1. The molecule has 4 rings (SSSR count). The number of piperidine rings is 1. The number of nitrogens with two attached hydrogens (primary N) is 1. The summed E-state index contributed by atoms with van der Waals surface area (Å²) in [6.45, 7) is 6.16. The summed E-state index contributed by atoms with van der Waals surface area (Å²) in [4.78, 5) is 15.5. The van der Waals surface area contributed by atoms with E-state index in [9.17, 15) is 0 Å². The van der Waals surface area contributed by atoms with Crippen LogP contribution in [0.2, 0.25) is 0 Å². The maximum atomic E-state index is 6.36. The van der Waals surface area contributed by atoms with Crippen molar-refractivity contribution in [2.24, 2.45) is 5.92 Å². The highest BCUT2D eigenvalue weighted by Gasteiger charge is 2.21. The minimum absolute atomic E-state index is 0.379. The molecule has 0 saturated carbocycles. The van der Waals surface area contributed by atoms with Gasteiger partial charge in [0.1, 0.15) is 17.5 Å². The van der Waals surface area contributed by atoms with E-state index in [1.165, 1.54) is 6.33 Å². The second kappa shape index (κ2) is 6.78. The fourth-order valence-electron chi connectivity index (χ4n) is 3.33. The summed E-state index contributed by atoms with van der Waals surface area (Å²) in [6.07, 6.45) is 3.81. The SMILES string of the molecule is Cc1ccc2cccc(Oc3ncnc(N4CCC(C)CC4)c3N)c2n1. The number of rotatable bonds is 3. The Morgan fingerprint density at radius 1 is 1.12 bits per heavy atom. The standard InChI is InChI=1S/C20H23N5O/c1-13-8-10-25(11-9-13)19-17(21)20(23-12-22-19)26-16-5-3-4-15-7-6-14(2)24-18(15)16/h3-7,12-13H,8-11,21H2,1-2H3. The Labute approximate surface area is 153 Å². The van der Waals surface area contributed by atoms with Gasteiger partial charge in [-0.3, -0.25) is 0 Å². The Bertz CT molecular complexity index is 935. The fraction of sp³-hybridized carbons (Fsp3) is 0.350. The molecule has 2 N–H and O–H groups in total. The van der Waals surface area contributed by atoms with E-state index in [4.69, 9.17) is 10.5 Å². The van der Waals surface area contributed by atoms with Crippen LogP contribution in [0.5, 0.6) is 11.6 Å². The quantitative estimate of drug-likeness (QED) is 0.771. The normalized spacial score (nSPS) is 15.4. The molecule has 0 bridgehead atoms. The zero-order valence-electron chi connectivity index (χ0n) is 15.1. The predicted octanol–water partition coefficient (Wildman–Crippen LogP) is 3.94. The van der Waals surface area contributed by atoms with E-state index < -0.39 is 0 Å². The van der Waals surface area contributed by atoms with E-state index in [2.05, 4.69) is 26.8 Å². The first-order chi connectivity index (χ1) is 12.6. The lowest BCUT2D eigenvalue weighted by Crippen LogP contribution is -2.34. The summed E-state index contributed by atoms with van der Waals surface area (Å²) in [5.41, 5.74) is 8.58. The van der Waals surface area contributed by atoms with E-state index in [-0.39, 0.29) is 0 Å². The first-order valence-corrected chi connectivity index (χ1v) is 9.01. The van der Waals surface area contributed by atoms with E-state index >= 15 is 0 Å². The van der Waals surface area contributed by atoms with Crippen molar-refractivity contribution in [3.8, 4) is 11.6 Å². The molecule has 1 saturated heterocycles. The Morgan fingerprint density at radius 2 is 1.92 bits per heavy atom. The molecule has 0 atom stereocenters. The molecule has 6 heteroatoms. The molecule has 1 fully saturated rings. The molecule has 2 aromatic heterocycles. The van der Waals surface area contributed by atoms with Gasteiger partial charge in [-0.15, -0.1) is 0 Å². The third-order valence-electron chi connectivity index (χ3n) is 4.94. The van der Waals surface area contributed by atoms with Crippen LogP contribution in [0.3, 0.4) is 0 Å². The molecule has 3 aromatic rings. The van der Waals surface area contributed by atoms with Crippen LogP contribution in [-0.2, 0) is 0 Å². The lowest BCUT2D eigenvalue weighted by Gasteiger charge is -2.31. The molecule has 3 heterocycles. The molecule has 1 aliphatic rings. The highest BCUT2D eigenvalue weighted by Crippen LogP contribution is 2.35. The van der Waals surface area contributed by atoms with Gasteiger partial charge in [0.2, 0.25) is 5.88 Å². The van der Waals surface area contributed by atoms with E-state index in [1.54, 1.807) is 0 Å². The number of pyridine rings is 1. The van der Waals surface area contributed by atoms with Crippen LogP contribution in [0.15, 0.2) is 36.7 Å². The Hall–Kier alpha value is -2.89. The summed E-state index contributed by atoms with van der Waals surface area (Å²) >= 11 is 0. The molecule has 6 nitrogen and oxygen atoms in total. The number of aromatic nitrogens is 3. The Kier molecular flexibility index (Phi) is 4.32. The molecule has 26 heavy (non-hydrogen) atoms. The van der Waals surface area contributed by atoms with Gasteiger partial charge in [-0.1, -0.05) is 25.1 Å². The smallest absolute Gasteiger partial charge is 0.248 e. The van der Waals surface area contributed by atoms with Crippen molar-refractivity contribution in [3.63, 3.8) is 0 Å². The minimum Gasteiger partial charge on any atom is -0.435 e. The molecule has 134 valence electrons. The number of nitrogens with zero attached hydrogens (tertiary/aromatic N) is 4. The third kappa shape index (κ3) is 3.14. The maximum Gasteiger partial charge on any atom is 0.248 e. The third-order valence-corrected chi connectivity index (χ3v) is 4.94. The van der Waals surface area contributed by atoms with Gasteiger partial charge in [-0.25, -0.2) is 9.97 Å². The van der Waals surface area contributed by atoms with Crippen LogP contribution >= 0.6 is 0 Å². The van der Waals surface area contributed by atoms with Crippen molar-refractivity contribution >= 4 is 22.4 Å². The van der Waals surface area contributed by atoms with E-state index in [1.807, 2.05) is 37.3 Å². The largest absolute Gasteiger partial charge is 0.435 e. The first-order valence-electron chi connectivity index (χ1n) is 9.01. The van der Waals surface area contributed by atoms with Gasteiger partial charge < -0.3 is 15.4 Å². The van der Waals surface area contributed by atoms with Gasteiger partial charge >= 0.3 is 0 Å². The number of aryl methyl sites for hydroxylation is 1. The zero-order valence-corrected chi connectivity index (χ0v) is 15.1. The fourth-order valence-corrected chi connectivity index (χ4v) is 3.33. The Balaban J connectivity index is 1.67. The summed E-state index contributed by atoms with van der Waals surface area (Å²) in [5, 5.41) is 1.02. The summed E-state index contributed by atoms with van der Waals surface area (Å²) < 4.78 is 6.06. The second-order valence-corrected chi connectivity index (χ2v) is 6.97. The average Bonchev–Trinajstić information content (AvgIpc) is 2.65. The second-order valence-electron chi connectivity index (χ2n) is 6.97. The summed E-state index contributed by atoms with van der Waals surface area (Å²) in [5.74, 6) is 2.53. The molecular formula is C20H23N5O. The van der Waals surface area contributed by atoms with Crippen LogP contribution in [0.4, 0.5) is 11.5 Å². The maximum absolute atomic E-state index is 6.36. The minimum atomic E-state index is 0.379. The van der Waals surface area contributed by atoms with Gasteiger partial charge in [0.25, 0.3) is 0 Å². The molecule has 0 radical (unpaired) electrons. The number of anilines is 2. The van der Waals surface area contributed by atoms with Crippen LogP contribution in [0.25, 0.3) is 10.9 Å². The Morgan fingerprint density at radius 3 is 2.73 bits per heavy atom. The number of nitrogen functional groups attached to an aromatic ring is 1. The van der Waals surface area contributed by atoms with Gasteiger partial charge in [-0.05, 0) is 37.8 Å². The predicted molar refractivity (Wildman–Crippen MR) is 104 cm³/mol. The van der Waals surface area contributed by atoms with Gasteiger partial charge in [0.15, 0.2) is 11.6 Å². The molecule has 1 aromatic carbocycles. The van der Waals surface area contributed by atoms with Crippen LogP contribution < -0.4 is 15.4 Å². The summed E-state index contributed by atoms with van der Waals surface area (Å²) in [7, 11) is 0. The van der Waals surface area contributed by atoms with Crippen LogP contribution in [0.1, 0.15) is 25.5 Å². The first kappa shape index (κ1) is 16.6. The highest BCUT2D eigenvalue weighted by atomic mass is 16.5. The van der Waals surface area contributed by atoms with Gasteiger partial charge in [0.05, 0.1) is 0 Å². The number of hydrogen-bond donors (Lipinski definition) is 1.